The minimum atomic E-state index is 0.00354. The first-order valence-corrected chi connectivity index (χ1v) is 6.62. The van der Waals surface area contributed by atoms with E-state index in [1.165, 1.54) is 5.56 Å². The number of carbonyl (C=O) groups is 1. The van der Waals surface area contributed by atoms with Crippen molar-refractivity contribution >= 4 is 11.7 Å². The highest BCUT2D eigenvalue weighted by molar-refractivity contribution is 5.94. The molecule has 1 aliphatic heterocycles. The van der Waals surface area contributed by atoms with Gasteiger partial charge in [0.15, 0.2) is 0 Å². The fraction of sp³-hybridized carbons (Fsp3) is 0.500. The molecule has 0 fully saturated rings. The van der Waals surface area contributed by atoms with Crippen LogP contribution < -0.4 is 16.0 Å². The van der Waals surface area contributed by atoms with Crippen molar-refractivity contribution in [3.63, 3.8) is 0 Å². The fourth-order valence-electron chi connectivity index (χ4n) is 2.46. The molecule has 0 saturated carbocycles. The minimum absolute atomic E-state index is 0.00354. The summed E-state index contributed by atoms with van der Waals surface area (Å²) in [5, 5.41) is 2.93. The van der Waals surface area contributed by atoms with Gasteiger partial charge >= 0.3 is 6.03 Å². The van der Waals surface area contributed by atoms with Gasteiger partial charge in [-0.25, -0.2) is 4.79 Å². The van der Waals surface area contributed by atoms with Crippen LogP contribution >= 0.6 is 0 Å². The molecule has 0 saturated heterocycles. The number of rotatable bonds is 4. The van der Waals surface area contributed by atoms with Gasteiger partial charge in [-0.15, -0.1) is 0 Å². The van der Waals surface area contributed by atoms with Gasteiger partial charge in [0.25, 0.3) is 0 Å². The summed E-state index contributed by atoms with van der Waals surface area (Å²) >= 11 is 0. The van der Waals surface area contributed by atoms with Crippen molar-refractivity contribution in [1.82, 2.24) is 5.32 Å². The molecule has 1 aromatic rings. The van der Waals surface area contributed by atoms with Gasteiger partial charge in [0.2, 0.25) is 0 Å². The van der Waals surface area contributed by atoms with E-state index in [2.05, 4.69) is 18.3 Å². The summed E-state index contributed by atoms with van der Waals surface area (Å²) in [6.07, 6.45) is 1.88. The van der Waals surface area contributed by atoms with E-state index >= 15 is 0 Å². The predicted octanol–water partition coefficient (Wildman–Crippen LogP) is 2.06. The molecule has 3 N–H and O–H groups in total. The fourth-order valence-corrected chi connectivity index (χ4v) is 2.46. The summed E-state index contributed by atoms with van der Waals surface area (Å²) in [5.41, 5.74) is 7.93. The first-order chi connectivity index (χ1) is 8.77. The molecule has 1 aliphatic rings. The number of hydrogen-bond donors (Lipinski definition) is 2. The number of nitrogens with two attached hydrogens (primary N) is 1. The first-order valence-electron chi connectivity index (χ1n) is 6.62. The Morgan fingerprint density at radius 3 is 3.00 bits per heavy atom. The third-order valence-corrected chi connectivity index (χ3v) is 3.36. The lowest BCUT2D eigenvalue weighted by atomic mass is 9.98. The Bertz CT molecular complexity index is 419. The highest BCUT2D eigenvalue weighted by Gasteiger charge is 2.31. The van der Waals surface area contributed by atoms with Crippen molar-refractivity contribution in [2.24, 2.45) is 5.73 Å². The zero-order chi connectivity index (χ0) is 13.0. The van der Waals surface area contributed by atoms with E-state index in [4.69, 9.17) is 5.73 Å². The molecule has 1 heterocycles. The summed E-state index contributed by atoms with van der Waals surface area (Å²) in [6.45, 7) is 4.17. The number of nitrogens with zero attached hydrogens (tertiary/aromatic N) is 1. The molecule has 1 unspecified atom stereocenters. The quantitative estimate of drug-likeness (QED) is 0.855. The highest BCUT2D eigenvalue weighted by atomic mass is 16.2. The van der Waals surface area contributed by atoms with Gasteiger partial charge in [-0.2, -0.15) is 0 Å². The van der Waals surface area contributed by atoms with Gasteiger partial charge in [-0.1, -0.05) is 25.1 Å². The third-order valence-electron chi connectivity index (χ3n) is 3.36. The highest BCUT2D eigenvalue weighted by Crippen LogP contribution is 2.37. The van der Waals surface area contributed by atoms with Crippen LogP contribution in [0, 0.1) is 0 Å². The Hall–Kier alpha value is -1.55. The van der Waals surface area contributed by atoms with E-state index in [9.17, 15) is 4.79 Å². The molecule has 0 aliphatic carbocycles. The molecule has 1 aromatic carbocycles. The number of hydrogen-bond acceptors (Lipinski definition) is 2. The lowest BCUT2D eigenvalue weighted by Crippen LogP contribution is -2.39. The molecular formula is C14H21N3O. The minimum Gasteiger partial charge on any atom is -0.338 e. The zero-order valence-electron chi connectivity index (χ0n) is 10.9. The molecule has 4 heteroatoms. The van der Waals surface area contributed by atoms with Crippen LogP contribution in [0.4, 0.5) is 10.5 Å². The molecule has 98 valence electrons. The summed E-state index contributed by atoms with van der Waals surface area (Å²) in [5.74, 6) is 0.374. The number of urea groups is 1. The Balaban J connectivity index is 2.17. The van der Waals surface area contributed by atoms with Gasteiger partial charge in [0.05, 0.1) is 0 Å². The monoisotopic (exact) mass is 247 g/mol. The topological polar surface area (TPSA) is 58.4 Å². The maximum atomic E-state index is 12.1. The zero-order valence-corrected chi connectivity index (χ0v) is 10.9. The van der Waals surface area contributed by atoms with E-state index in [-0.39, 0.29) is 6.03 Å². The molecule has 4 nitrogen and oxygen atoms in total. The van der Waals surface area contributed by atoms with Crippen LogP contribution in [0.1, 0.15) is 31.2 Å². The number of carbonyl (C=O) groups excluding carboxylic acids is 1. The number of benzene rings is 1. The van der Waals surface area contributed by atoms with Crippen LogP contribution in [0.15, 0.2) is 24.3 Å². The van der Waals surface area contributed by atoms with Crippen molar-refractivity contribution in [3.8, 4) is 0 Å². The van der Waals surface area contributed by atoms with E-state index in [1.54, 1.807) is 0 Å². The maximum Gasteiger partial charge on any atom is 0.321 e. The van der Waals surface area contributed by atoms with Gasteiger partial charge in [-0.05, 0) is 31.0 Å². The molecule has 0 bridgehead atoms. The number of nitrogens with one attached hydrogen (secondary N) is 1. The molecule has 2 rings (SSSR count). The normalized spacial score (nSPS) is 17.7. The summed E-state index contributed by atoms with van der Waals surface area (Å²) in [7, 11) is 0. The molecule has 0 radical (unpaired) electrons. The van der Waals surface area contributed by atoms with E-state index in [1.807, 2.05) is 23.1 Å². The van der Waals surface area contributed by atoms with Crippen molar-refractivity contribution in [2.45, 2.75) is 25.7 Å². The van der Waals surface area contributed by atoms with Crippen LogP contribution in [0.25, 0.3) is 0 Å². The average molecular weight is 247 g/mol. The molecule has 2 amide bonds. The van der Waals surface area contributed by atoms with E-state index in [0.29, 0.717) is 12.5 Å². The third kappa shape index (κ3) is 2.48. The smallest absolute Gasteiger partial charge is 0.321 e. The Labute approximate surface area is 108 Å². The first kappa shape index (κ1) is 12.9. The van der Waals surface area contributed by atoms with Gasteiger partial charge < -0.3 is 11.1 Å². The second-order valence-electron chi connectivity index (χ2n) is 4.68. The van der Waals surface area contributed by atoms with Gasteiger partial charge in [0.1, 0.15) is 0 Å². The summed E-state index contributed by atoms with van der Waals surface area (Å²) in [6, 6.07) is 8.11. The predicted molar refractivity (Wildman–Crippen MR) is 73.9 cm³/mol. The van der Waals surface area contributed by atoms with Gasteiger partial charge in [-0.3, -0.25) is 4.90 Å². The number of para-hydroxylation sites is 1. The number of amides is 2. The Kier molecular flexibility index (Phi) is 4.20. The Morgan fingerprint density at radius 2 is 2.28 bits per heavy atom. The Morgan fingerprint density at radius 1 is 1.50 bits per heavy atom. The van der Waals surface area contributed by atoms with Crippen LogP contribution in [0.3, 0.4) is 0 Å². The van der Waals surface area contributed by atoms with Crippen molar-refractivity contribution < 1.29 is 4.79 Å². The lowest BCUT2D eigenvalue weighted by molar-refractivity contribution is 0.246. The molecule has 1 atom stereocenters. The van der Waals surface area contributed by atoms with E-state index < -0.39 is 0 Å². The van der Waals surface area contributed by atoms with Crippen molar-refractivity contribution in [1.29, 1.82) is 0 Å². The second-order valence-corrected chi connectivity index (χ2v) is 4.68. The van der Waals surface area contributed by atoms with E-state index in [0.717, 1.165) is 31.6 Å². The van der Waals surface area contributed by atoms with Crippen LogP contribution in [0.2, 0.25) is 0 Å². The number of anilines is 1. The van der Waals surface area contributed by atoms with Crippen LogP contribution in [0.5, 0.6) is 0 Å². The molecule has 0 aromatic heterocycles. The summed E-state index contributed by atoms with van der Waals surface area (Å²) < 4.78 is 0. The van der Waals surface area contributed by atoms with Crippen LogP contribution in [-0.4, -0.2) is 25.7 Å². The summed E-state index contributed by atoms with van der Waals surface area (Å²) in [4.78, 5) is 13.9. The average Bonchev–Trinajstić information content (AvgIpc) is 2.76. The molecule has 18 heavy (non-hydrogen) atoms. The van der Waals surface area contributed by atoms with Gasteiger partial charge in [0, 0.05) is 24.7 Å². The second kappa shape index (κ2) is 5.87. The maximum absolute atomic E-state index is 12.1. The van der Waals surface area contributed by atoms with Crippen molar-refractivity contribution in [2.75, 3.05) is 24.5 Å². The van der Waals surface area contributed by atoms with Crippen molar-refractivity contribution in [3.05, 3.63) is 29.8 Å². The molecule has 0 spiro atoms. The lowest BCUT2D eigenvalue weighted by Gasteiger charge is -2.18. The van der Waals surface area contributed by atoms with Crippen LogP contribution in [-0.2, 0) is 0 Å². The SMILES string of the molecule is CCCNC(=O)N1CC(CCN)c2ccccc21. The largest absolute Gasteiger partial charge is 0.338 e. The number of fused-ring (bicyclic) bond motifs is 1. The standard InChI is InChI=1S/C14H21N3O/c1-2-9-16-14(18)17-10-11(7-8-15)12-5-3-4-6-13(12)17/h3-6,11H,2,7-10,15H2,1H3,(H,16,18). The molecular weight excluding hydrogens is 226 g/mol.